The fourth-order valence-electron chi connectivity index (χ4n) is 2.96. The number of benzene rings is 1. The molecule has 0 saturated carbocycles. The number of rotatable bonds is 4. The summed E-state index contributed by atoms with van der Waals surface area (Å²) in [5, 5.41) is 22.3. The lowest BCUT2D eigenvalue weighted by molar-refractivity contribution is -0.119. The molecule has 0 unspecified atom stereocenters. The molecule has 6 nitrogen and oxygen atoms in total. The molecule has 0 aliphatic heterocycles. The highest BCUT2D eigenvalue weighted by Gasteiger charge is 2.22. The summed E-state index contributed by atoms with van der Waals surface area (Å²) in [5.41, 5.74) is 2.35. The second kappa shape index (κ2) is 7.58. The van der Waals surface area contributed by atoms with E-state index >= 15 is 0 Å². The van der Waals surface area contributed by atoms with E-state index in [1.165, 1.54) is 23.5 Å². The molecule has 2 aromatic rings. The molecule has 7 heteroatoms. The second-order valence-electron chi connectivity index (χ2n) is 6.17. The van der Waals surface area contributed by atoms with Gasteiger partial charge < -0.3 is 15.2 Å². The van der Waals surface area contributed by atoms with Crippen LogP contribution in [0.5, 0.6) is 5.75 Å². The lowest BCUT2D eigenvalue weighted by Gasteiger charge is -2.09. The minimum Gasteiger partial charge on any atom is -0.507 e. The fourth-order valence-corrected chi connectivity index (χ4v) is 4.21. The van der Waals surface area contributed by atoms with Crippen LogP contribution in [0.25, 0.3) is 0 Å². The summed E-state index contributed by atoms with van der Waals surface area (Å²) in [6, 6.07) is 6.74. The average molecular weight is 370 g/mol. The first-order chi connectivity index (χ1) is 12.5. The van der Waals surface area contributed by atoms with Gasteiger partial charge in [0.05, 0.1) is 5.56 Å². The van der Waals surface area contributed by atoms with Gasteiger partial charge in [-0.1, -0.05) is 11.6 Å². The zero-order chi connectivity index (χ0) is 18.7. The monoisotopic (exact) mass is 370 g/mol. The van der Waals surface area contributed by atoms with Crippen LogP contribution in [0, 0.1) is 18.3 Å². The molecule has 1 aromatic carbocycles. The van der Waals surface area contributed by atoms with Crippen molar-refractivity contribution in [3.05, 3.63) is 45.3 Å². The zero-order valence-electron chi connectivity index (χ0n) is 14.3. The van der Waals surface area contributed by atoms with E-state index in [-0.39, 0.29) is 11.3 Å². The molecule has 1 amide bonds. The Hall–Kier alpha value is -2.85. The molecule has 0 fully saturated rings. The maximum atomic E-state index is 12.1. The Morgan fingerprint density at radius 1 is 1.35 bits per heavy atom. The molecule has 0 saturated heterocycles. The molecule has 2 N–H and O–H groups in total. The highest BCUT2D eigenvalue weighted by atomic mass is 32.1. The Morgan fingerprint density at radius 3 is 2.88 bits per heavy atom. The number of amides is 1. The molecule has 1 aromatic heterocycles. The Bertz CT molecular complexity index is 911. The van der Waals surface area contributed by atoms with Crippen molar-refractivity contribution < 1.29 is 19.4 Å². The number of esters is 1. The number of nitriles is 1. The molecule has 1 heterocycles. The van der Waals surface area contributed by atoms with Crippen LogP contribution in [0.2, 0.25) is 0 Å². The van der Waals surface area contributed by atoms with Gasteiger partial charge in [-0.15, -0.1) is 11.3 Å². The van der Waals surface area contributed by atoms with Gasteiger partial charge in [-0.25, -0.2) is 4.79 Å². The summed E-state index contributed by atoms with van der Waals surface area (Å²) < 4.78 is 4.98. The van der Waals surface area contributed by atoms with Gasteiger partial charge in [0.2, 0.25) is 0 Å². The van der Waals surface area contributed by atoms with Gasteiger partial charge in [-0.3, -0.25) is 4.79 Å². The van der Waals surface area contributed by atoms with E-state index in [0.717, 1.165) is 41.7 Å². The molecular formula is C19H18N2O4S. The Morgan fingerprint density at radius 2 is 2.12 bits per heavy atom. The molecule has 0 spiro atoms. The largest absolute Gasteiger partial charge is 0.507 e. The number of aryl methyl sites for hydroxylation is 2. The van der Waals surface area contributed by atoms with Crippen LogP contribution in [0.15, 0.2) is 18.2 Å². The summed E-state index contributed by atoms with van der Waals surface area (Å²) in [6.07, 6.45) is 3.91. The van der Waals surface area contributed by atoms with Gasteiger partial charge >= 0.3 is 5.97 Å². The van der Waals surface area contributed by atoms with E-state index in [0.29, 0.717) is 10.6 Å². The average Bonchev–Trinajstić information content (AvgIpc) is 2.98. The third kappa shape index (κ3) is 3.70. The predicted octanol–water partition coefficient (Wildman–Crippen LogP) is 3.31. The first-order valence-corrected chi connectivity index (χ1v) is 9.12. The molecule has 1 aliphatic rings. The van der Waals surface area contributed by atoms with Crippen LogP contribution >= 0.6 is 11.3 Å². The first-order valence-electron chi connectivity index (χ1n) is 8.31. The van der Waals surface area contributed by atoms with Gasteiger partial charge in [-0.2, -0.15) is 5.26 Å². The molecule has 134 valence electrons. The molecular weight excluding hydrogens is 352 g/mol. The van der Waals surface area contributed by atoms with Gasteiger partial charge in [0, 0.05) is 4.88 Å². The molecule has 26 heavy (non-hydrogen) atoms. The molecule has 1 aliphatic carbocycles. The van der Waals surface area contributed by atoms with Crippen LogP contribution in [0.1, 0.15) is 44.8 Å². The van der Waals surface area contributed by atoms with Gasteiger partial charge in [0.1, 0.15) is 22.4 Å². The zero-order valence-corrected chi connectivity index (χ0v) is 15.1. The van der Waals surface area contributed by atoms with Crippen molar-refractivity contribution in [3.8, 4) is 11.8 Å². The van der Waals surface area contributed by atoms with Crippen molar-refractivity contribution >= 4 is 28.2 Å². The van der Waals surface area contributed by atoms with E-state index in [1.54, 1.807) is 13.0 Å². The number of anilines is 1. The van der Waals surface area contributed by atoms with Crippen molar-refractivity contribution in [3.63, 3.8) is 0 Å². The standard InChI is InChI=1S/C19H18N2O4S/c1-11-6-7-15(22)13(8-11)19(24)25-10-17(23)21-18-14(9-20)12-4-2-3-5-16(12)26-18/h6-8,22H,2-5,10H2,1H3,(H,21,23). The van der Waals surface area contributed by atoms with Crippen molar-refractivity contribution in [1.29, 1.82) is 5.26 Å². The van der Waals surface area contributed by atoms with E-state index in [9.17, 15) is 20.0 Å². The summed E-state index contributed by atoms with van der Waals surface area (Å²) in [6.45, 7) is 1.30. The highest BCUT2D eigenvalue weighted by Crippen LogP contribution is 2.37. The number of ether oxygens (including phenoxy) is 1. The van der Waals surface area contributed by atoms with E-state index in [2.05, 4.69) is 11.4 Å². The second-order valence-corrected chi connectivity index (χ2v) is 7.28. The molecule has 0 bridgehead atoms. The van der Waals surface area contributed by atoms with Crippen LogP contribution in [-0.4, -0.2) is 23.6 Å². The van der Waals surface area contributed by atoms with Gasteiger partial charge in [0.15, 0.2) is 6.61 Å². The summed E-state index contributed by atoms with van der Waals surface area (Å²) in [5.74, 6) is -1.48. The van der Waals surface area contributed by atoms with Gasteiger partial charge in [-0.05, 0) is 50.3 Å². The van der Waals surface area contributed by atoms with Crippen molar-refractivity contribution in [2.45, 2.75) is 32.6 Å². The normalized spacial score (nSPS) is 12.8. The Kier molecular flexibility index (Phi) is 5.24. The van der Waals surface area contributed by atoms with Crippen LogP contribution in [-0.2, 0) is 22.4 Å². The number of hydrogen-bond acceptors (Lipinski definition) is 6. The Balaban J connectivity index is 1.65. The number of phenolic OH excluding ortho intramolecular Hbond substituents is 1. The summed E-state index contributed by atoms with van der Waals surface area (Å²) in [4.78, 5) is 25.3. The molecule has 0 atom stereocenters. The smallest absolute Gasteiger partial charge is 0.342 e. The minimum absolute atomic E-state index is 0.0158. The quantitative estimate of drug-likeness (QED) is 0.805. The number of thiophene rings is 1. The number of phenols is 1. The van der Waals surface area contributed by atoms with Gasteiger partial charge in [0.25, 0.3) is 5.91 Å². The summed E-state index contributed by atoms with van der Waals surface area (Å²) in [7, 11) is 0. The number of aromatic hydroxyl groups is 1. The SMILES string of the molecule is Cc1ccc(O)c(C(=O)OCC(=O)Nc2sc3c(c2C#N)CCCC3)c1. The van der Waals surface area contributed by atoms with E-state index < -0.39 is 18.5 Å². The predicted molar refractivity (Wildman–Crippen MR) is 97.4 cm³/mol. The number of nitrogens with zero attached hydrogens (tertiary/aromatic N) is 1. The fraction of sp³-hybridized carbons (Fsp3) is 0.316. The van der Waals surface area contributed by atoms with Crippen molar-refractivity contribution in [2.24, 2.45) is 0 Å². The van der Waals surface area contributed by atoms with Crippen molar-refractivity contribution in [2.75, 3.05) is 11.9 Å². The maximum absolute atomic E-state index is 12.1. The number of fused-ring (bicyclic) bond motifs is 1. The van der Waals surface area contributed by atoms with Crippen LogP contribution in [0.4, 0.5) is 5.00 Å². The number of carbonyl (C=O) groups excluding carboxylic acids is 2. The topological polar surface area (TPSA) is 99.4 Å². The molecule has 3 rings (SSSR count). The third-order valence-electron chi connectivity index (χ3n) is 4.24. The van der Waals surface area contributed by atoms with E-state index in [4.69, 9.17) is 4.74 Å². The van der Waals surface area contributed by atoms with Crippen molar-refractivity contribution in [1.82, 2.24) is 0 Å². The number of nitrogens with one attached hydrogen (secondary N) is 1. The molecule has 0 radical (unpaired) electrons. The van der Waals surface area contributed by atoms with Crippen LogP contribution < -0.4 is 5.32 Å². The third-order valence-corrected chi connectivity index (χ3v) is 5.45. The lowest BCUT2D eigenvalue weighted by Crippen LogP contribution is -2.21. The van der Waals surface area contributed by atoms with E-state index in [1.807, 2.05) is 0 Å². The highest BCUT2D eigenvalue weighted by molar-refractivity contribution is 7.16. The minimum atomic E-state index is -0.771. The lowest BCUT2D eigenvalue weighted by atomic mass is 9.96. The van der Waals surface area contributed by atoms with Crippen LogP contribution in [0.3, 0.4) is 0 Å². The number of carbonyl (C=O) groups is 2. The number of hydrogen-bond donors (Lipinski definition) is 2. The Labute approximate surface area is 155 Å². The summed E-state index contributed by atoms with van der Waals surface area (Å²) >= 11 is 1.41. The first kappa shape index (κ1) is 18.0. The maximum Gasteiger partial charge on any atom is 0.342 e.